The van der Waals surface area contributed by atoms with Crippen molar-refractivity contribution in [3.63, 3.8) is 0 Å². The molecule has 0 radical (unpaired) electrons. The molecule has 0 saturated carbocycles. The van der Waals surface area contributed by atoms with E-state index in [4.69, 9.17) is 14.0 Å². The molecule has 0 fully saturated rings. The minimum atomic E-state index is -1.12. The van der Waals surface area contributed by atoms with Crippen molar-refractivity contribution in [2.45, 2.75) is 72.1 Å². The van der Waals surface area contributed by atoms with Gasteiger partial charge >= 0.3 is 12.1 Å². The summed E-state index contributed by atoms with van der Waals surface area (Å²) in [6, 6.07) is 4.24. The number of hydrogen-bond acceptors (Lipinski definition) is 8. The number of nitrogens with zero attached hydrogens (tertiary/aromatic N) is 4. The molecule has 3 aromatic rings. The number of fused-ring (bicyclic) bond motifs is 3. The zero-order valence-electron chi connectivity index (χ0n) is 22.4. The molecule has 0 bridgehead atoms. The fourth-order valence-corrected chi connectivity index (χ4v) is 4.27. The van der Waals surface area contributed by atoms with Crippen molar-refractivity contribution in [1.29, 1.82) is 0 Å². The summed E-state index contributed by atoms with van der Waals surface area (Å²) >= 11 is 0. The second-order valence-corrected chi connectivity index (χ2v) is 11.1. The van der Waals surface area contributed by atoms with Crippen molar-refractivity contribution in [1.82, 2.24) is 19.8 Å². The smallest absolute Gasteiger partial charge is 0.418 e. The normalized spacial score (nSPS) is 15.6. The van der Waals surface area contributed by atoms with E-state index in [1.807, 2.05) is 12.3 Å². The number of ether oxygens (including phenoxy) is 2. The van der Waals surface area contributed by atoms with Crippen LogP contribution in [0.1, 0.15) is 75.8 Å². The number of imide groups is 1. The van der Waals surface area contributed by atoms with Gasteiger partial charge in [0.25, 0.3) is 5.91 Å². The summed E-state index contributed by atoms with van der Waals surface area (Å²) in [5.74, 6) is -0.995. The largest absolute Gasteiger partial charge is 0.460 e. The first kappa shape index (κ1) is 26.1. The fraction of sp³-hybridized carbons (Fsp3) is 0.444. The lowest BCUT2D eigenvalue weighted by Crippen LogP contribution is -2.43. The van der Waals surface area contributed by atoms with Crippen molar-refractivity contribution in [3.8, 4) is 22.3 Å². The van der Waals surface area contributed by atoms with E-state index in [2.05, 4.69) is 10.3 Å². The number of aromatic nitrogens is 3. The Morgan fingerprint density at radius 3 is 2.30 bits per heavy atom. The van der Waals surface area contributed by atoms with E-state index in [1.54, 1.807) is 78.5 Å². The average Bonchev–Trinajstić information content (AvgIpc) is 3.33. The van der Waals surface area contributed by atoms with Gasteiger partial charge in [-0.05, 0) is 65.7 Å². The molecule has 196 valence electrons. The van der Waals surface area contributed by atoms with Gasteiger partial charge in [-0.15, -0.1) is 0 Å². The molecule has 2 aromatic heterocycles. The summed E-state index contributed by atoms with van der Waals surface area (Å²) < 4.78 is 18.5. The van der Waals surface area contributed by atoms with Gasteiger partial charge in [-0.2, -0.15) is 5.10 Å². The molecule has 10 heteroatoms. The van der Waals surface area contributed by atoms with Gasteiger partial charge in [0.05, 0.1) is 23.9 Å². The van der Waals surface area contributed by atoms with Crippen molar-refractivity contribution >= 4 is 18.0 Å². The van der Waals surface area contributed by atoms with Gasteiger partial charge in [0.1, 0.15) is 17.2 Å². The average molecular weight is 509 g/mol. The van der Waals surface area contributed by atoms with Crippen LogP contribution in [0.3, 0.4) is 0 Å². The van der Waals surface area contributed by atoms with Crippen LogP contribution in [0.5, 0.6) is 0 Å². The number of rotatable bonds is 3. The molecule has 1 atom stereocenters. The highest BCUT2D eigenvalue weighted by atomic mass is 16.6. The zero-order valence-corrected chi connectivity index (χ0v) is 22.4. The first-order chi connectivity index (χ1) is 17.1. The van der Waals surface area contributed by atoms with Gasteiger partial charge in [0, 0.05) is 24.4 Å². The standard InChI is InChI=1S/C27H32N4O6/c1-15-22-18-10-9-16(17-13-28-30(8)14-17)11-19(18)24(33)31(25(34)36-27(5,6)7)20(23(22)37-29-15)12-21(32)35-26(2,3)4/h9-11,13-14,20H,12H2,1-8H3. The van der Waals surface area contributed by atoms with Gasteiger partial charge in [-0.25, -0.2) is 9.69 Å². The molecule has 0 spiro atoms. The van der Waals surface area contributed by atoms with Crippen LogP contribution in [0.2, 0.25) is 0 Å². The van der Waals surface area contributed by atoms with Crippen LogP contribution in [0, 0.1) is 6.92 Å². The highest BCUT2D eigenvalue weighted by molar-refractivity contribution is 6.10. The van der Waals surface area contributed by atoms with Crippen molar-refractivity contribution in [2.75, 3.05) is 0 Å². The number of aryl methyl sites for hydroxylation is 2. The van der Waals surface area contributed by atoms with Crippen LogP contribution in [0.15, 0.2) is 35.1 Å². The summed E-state index contributed by atoms with van der Waals surface area (Å²) in [6.45, 7) is 12.1. The predicted octanol–water partition coefficient (Wildman–Crippen LogP) is 5.21. The highest BCUT2D eigenvalue weighted by Crippen LogP contribution is 2.43. The fourth-order valence-electron chi connectivity index (χ4n) is 4.27. The Morgan fingerprint density at radius 1 is 1.03 bits per heavy atom. The third-order valence-corrected chi connectivity index (χ3v) is 5.65. The summed E-state index contributed by atoms with van der Waals surface area (Å²) in [4.78, 5) is 41.5. The SMILES string of the molecule is Cc1noc2c1-c1ccc(-c3cnn(C)c3)cc1C(=O)N(C(=O)OC(C)(C)C)C2CC(=O)OC(C)(C)C. The summed E-state index contributed by atoms with van der Waals surface area (Å²) in [6.07, 6.45) is 2.30. The maximum Gasteiger partial charge on any atom is 0.418 e. The molecular formula is C27H32N4O6. The van der Waals surface area contributed by atoms with E-state index >= 15 is 0 Å². The Kier molecular flexibility index (Phi) is 6.47. The topological polar surface area (TPSA) is 117 Å². The van der Waals surface area contributed by atoms with Gasteiger partial charge in [-0.1, -0.05) is 17.3 Å². The third kappa shape index (κ3) is 5.42. The maximum absolute atomic E-state index is 14.1. The van der Waals surface area contributed by atoms with Gasteiger partial charge in [0.15, 0.2) is 5.76 Å². The Balaban J connectivity index is 1.90. The zero-order chi connectivity index (χ0) is 27.3. The first-order valence-electron chi connectivity index (χ1n) is 12.0. The Hall–Kier alpha value is -3.95. The Labute approximate surface area is 215 Å². The minimum absolute atomic E-state index is 0.218. The van der Waals surface area contributed by atoms with Gasteiger partial charge in [0.2, 0.25) is 0 Å². The van der Waals surface area contributed by atoms with Crippen LogP contribution < -0.4 is 0 Å². The van der Waals surface area contributed by atoms with Crippen molar-refractivity contribution < 1.29 is 28.4 Å². The van der Waals surface area contributed by atoms with Crippen LogP contribution >= 0.6 is 0 Å². The lowest BCUT2D eigenvalue weighted by molar-refractivity contribution is -0.156. The van der Waals surface area contributed by atoms with Crippen LogP contribution in [0.25, 0.3) is 22.3 Å². The molecule has 0 N–H and O–H groups in total. The molecule has 2 amide bonds. The van der Waals surface area contributed by atoms with E-state index < -0.39 is 35.2 Å². The number of amides is 2. The van der Waals surface area contributed by atoms with Crippen LogP contribution in [-0.2, 0) is 21.3 Å². The Morgan fingerprint density at radius 2 is 1.70 bits per heavy atom. The van der Waals surface area contributed by atoms with Crippen LogP contribution in [-0.4, -0.2) is 49.0 Å². The van der Waals surface area contributed by atoms with Gasteiger partial charge < -0.3 is 14.0 Å². The molecule has 3 heterocycles. The molecule has 4 rings (SSSR count). The van der Waals surface area contributed by atoms with E-state index in [0.29, 0.717) is 16.8 Å². The van der Waals surface area contributed by atoms with Crippen molar-refractivity contribution in [2.24, 2.45) is 7.05 Å². The minimum Gasteiger partial charge on any atom is -0.460 e. The number of esters is 1. The quantitative estimate of drug-likeness (QED) is 0.442. The molecule has 1 aliphatic rings. The number of carbonyl (C=O) groups is 3. The second-order valence-electron chi connectivity index (χ2n) is 11.1. The molecule has 10 nitrogen and oxygen atoms in total. The second kappa shape index (κ2) is 9.17. The monoisotopic (exact) mass is 508 g/mol. The van der Waals surface area contributed by atoms with Gasteiger partial charge in [-0.3, -0.25) is 14.3 Å². The molecule has 1 unspecified atom stereocenters. The van der Waals surface area contributed by atoms with E-state index in [9.17, 15) is 14.4 Å². The van der Waals surface area contributed by atoms with E-state index in [1.165, 1.54) is 0 Å². The number of hydrogen-bond donors (Lipinski definition) is 0. The molecular weight excluding hydrogens is 476 g/mol. The molecule has 0 saturated heterocycles. The molecule has 0 aliphatic carbocycles. The van der Waals surface area contributed by atoms with Crippen molar-refractivity contribution in [3.05, 3.63) is 47.6 Å². The molecule has 37 heavy (non-hydrogen) atoms. The summed E-state index contributed by atoms with van der Waals surface area (Å²) in [5.41, 5.74) is 1.78. The summed E-state index contributed by atoms with van der Waals surface area (Å²) in [7, 11) is 1.80. The predicted molar refractivity (Wildman–Crippen MR) is 134 cm³/mol. The van der Waals surface area contributed by atoms with Crippen LogP contribution in [0.4, 0.5) is 4.79 Å². The molecule has 1 aromatic carbocycles. The summed E-state index contributed by atoms with van der Waals surface area (Å²) in [5, 5.41) is 8.33. The lowest BCUT2D eigenvalue weighted by Gasteiger charge is -2.30. The lowest BCUT2D eigenvalue weighted by atomic mass is 9.94. The maximum atomic E-state index is 14.1. The molecule has 1 aliphatic heterocycles. The number of benzene rings is 1. The highest BCUT2D eigenvalue weighted by Gasteiger charge is 2.44. The number of carbonyl (C=O) groups excluding carboxylic acids is 3. The first-order valence-corrected chi connectivity index (χ1v) is 12.0. The van der Waals surface area contributed by atoms with E-state index in [-0.39, 0.29) is 17.7 Å². The Bertz CT molecular complexity index is 1370. The third-order valence-electron chi connectivity index (χ3n) is 5.65. The van der Waals surface area contributed by atoms with E-state index in [0.717, 1.165) is 16.0 Å².